The average Bonchev–Trinajstić information content (AvgIpc) is 2.72. The van der Waals surface area contributed by atoms with Gasteiger partial charge in [0, 0.05) is 5.69 Å². The van der Waals surface area contributed by atoms with Gasteiger partial charge in [-0.05, 0) is 57.1 Å². The largest absolute Gasteiger partial charge is 0.494 e. The van der Waals surface area contributed by atoms with Crippen molar-refractivity contribution in [3.05, 3.63) is 46.5 Å². The second-order valence-electron chi connectivity index (χ2n) is 5.13. The van der Waals surface area contributed by atoms with Gasteiger partial charge in [0.2, 0.25) is 0 Å². The van der Waals surface area contributed by atoms with Crippen LogP contribution in [0.5, 0.6) is 5.75 Å². The number of likely N-dealkylation sites (N-methyl/N-ethyl adjacent to an activating group) is 1. The third-order valence-corrected chi connectivity index (χ3v) is 3.70. The van der Waals surface area contributed by atoms with Crippen LogP contribution >= 0.6 is 0 Å². The molecule has 0 aliphatic heterocycles. The number of methoxy groups -OCH3 is 1. The zero-order chi connectivity index (χ0) is 15.4. The Morgan fingerprint density at radius 2 is 2.10 bits per heavy atom. The molecular formula is C16H22FN3O. The minimum atomic E-state index is -0.341. The van der Waals surface area contributed by atoms with E-state index in [0.717, 1.165) is 29.9 Å². The summed E-state index contributed by atoms with van der Waals surface area (Å²) in [4.78, 5) is 0. The molecule has 114 valence electrons. The van der Waals surface area contributed by atoms with Crippen LogP contribution < -0.4 is 10.1 Å². The predicted molar refractivity (Wildman–Crippen MR) is 81.4 cm³/mol. The maximum Gasteiger partial charge on any atom is 0.165 e. The maximum atomic E-state index is 13.7. The number of hydrogen-bond donors (Lipinski definition) is 1. The van der Waals surface area contributed by atoms with E-state index < -0.39 is 0 Å². The number of aromatic nitrogens is 2. The van der Waals surface area contributed by atoms with Gasteiger partial charge in [0.15, 0.2) is 11.6 Å². The SMILES string of the molecule is CNCCc1c(C)nn(Cc2ccc(OC)c(F)c2)c1C. The first-order chi connectivity index (χ1) is 10.1. The highest BCUT2D eigenvalue weighted by Crippen LogP contribution is 2.20. The first-order valence-corrected chi connectivity index (χ1v) is 7.06. The zero-order valence-corrected chi connectivity index (χ0v) is 13.0. The lowest BCUT2D eigenvalue weighted by Gasteiger charge is -2.08. The molecule has 1 heterocycles. The van der Waals surface area contributed by atoms with Crippen molar-refractivity contribution in [1.82, 2.24) is 15.1 Å². The Morgan fingerprint density at radius 3 is 2.71 bits per heavy atom. The molecule has 0 spiro atoms. The predicted octanol–water partition coefficient (Wildman–Crippen LogP) is 2.46. The van der Waals surface area contributed by atoms with E-state index in [4.69, 9.17) is 4.74 Å². The molecular weight excluding hydrogens is 269 g/mol. The van der Waals surface area contributed by atoms with Gasteiger partial charge in [0.25, 0.3) is 0 Å². The Labute approximate surface area is 124 Å². The number of aryl methyl sites for hydroxylation is 1. The third-order valence-electron chi connectivity index (χ3n) is 3.70. The van der Waals surface area contributed by atoms with E-state index >= 15 is 0 Å². The van der Waals surface area contributed by atoms with Crippen LogP contribution in [0.4, 0.5) is 4.39 Å². The van der Waals surface area contributed by atoms with Crippen molar-refractivity contribution in [1.29, 1.82) is 0 Å². The summed E-state index contributed by atoms with van der Waals surface area (Å²) in [6, 6.07) is 5.02. The molecule has 0 bridgehead atoms. The molecule has 0 aliphatic carbocycles. The first-order valence-electron chi connectivity index (χ1n) is 7.06. The molecule has 2 aromatic rings. The van der Waals surface area contributed by atoms with Crippen molar-refractivity contribution < 1.29 is 9.13 Å². The van der Waals surface area contributed by atoms with Crippen LogP contribution in [0.2, 0.25) is 0 Å². The molecule has 0 saturated carbocycles. The van der Waals surface area contributed by atoms with Crippen molar-refractivity contribution in [2.24, 2.45) is 0 Å². The van der Waals surface area contributed by atoms with Gasteiger partial charge in [-0.3, -0.25) is 4.68 Å². The fourth-order valence-electron chi connectivity index (χ4n) is 2.48. The second-order valence-corrected chi connectivity index (χ2v) is 5.13. The molecule has 0 fully saturated rings. The van der Waals surface area contributed by atoms with Crippen LogP contribution in [0.15, 0.2) is 18.2 Å². The average molecular weight is 291 g/mol. The topological polar surface area (TPSA) is 39.1 Å². The summed E-state index contributed by atoms with van der Waals surface area (Å²) in [6.07, 6.45) is 0.950. The number of benzene rings is 1. The highest BCUT2D eigenvalue weighted by molar-refractivity contribution is 5.31. The van der Waals surface area contributed by atoms with E-state index in [-0.39, 0.29) is 11.6 Å². The van der Waals surface area contributed by atoms with Crippen molar-refractivity contribution >= 4 is 0 Å². The lowest BCUT2D eigenvalue weighted by molar-refractivity contribution is 0.386. The molecule has 0 amide bonds. The van der Waals surface area contributed by atoms with Crippen molar-refractivity contribution in [3.8, 4) is 5.75 Å². The van der Waals surface area contributed by atoms with E-state index in [0.29, 0.717) is 6.54 Å². The van der Waals surface area contributed by atoms with E-state index in [2.05, 4.69) is 17.3 Å². The summed E-state index contributed by atoms with van der Waals surface area (Å²) in [6.45, 7) is 5.56. The molecule has 2 rings (SSSR count). The van der Waals surface area contributed by atoms with Gasteiger partial charge < -0.3 is 10.1 Å². The number of halogens is 1. The Balaban J connectivity index is 2.21. The Hall–Kier alpha value is -1.88. The first kappa shape index (κ1) is 15.5. The molecule has 0 radical (unpaired) electrons. The van der Waals surface area contributed by atoms with Crippen LogP contribution in [-0.4, -0.2) is 30.5 Å². The summed E-state index contributed by atoms with van der Waals surface area (Å²) in [7, 11) is 3.41. The van der Waals surface area contributed by atoms with Crippen molar-refractivity contribution in [2.45, 2.75) is 26.8 Å². The van der Waals surface area contributed by atoms with Gasteiger partial charge in [-0.2, -0.15) is 5.10 Å². The summed E-state index contributed by atoms with van der Waals surface area (Å²) in [5.41, 5.74) is 4.31. The van der Waals surface area contributed by atoms with Gasteiger partial charge >= 0.3 is 0 Å². The standard InChI is InChI=1S/C16H22FN3O/c1-11-14(7-8-18-3)12(2)20(19-11)10-13-5-6-16(21-4)15(17)9-13/h5-6,9,18H,7-8,10H2,1-4H3. The molecule has 4 nitrogen and oxygen atoms in total. The highest BCUT2D eigenvalue weighted by atomic mass is 19.1. The smallest absolute Gasteiger partial charge is 0.165 e. The summed E-state index contributed by atoms with van der Waals surface area (Å²) in [5.74, 6) is -0.0752. The van der Waals surface area contributed by atoms with E-state index in [9.17, 15) is 4.39 Å². The van der Waals surface area contributed by atoms with Crippen LogP contribution in [0.25, 0.3) is 0 Å². The van der Waals surface area contributed by atoms with Gasteiger partial charge in [-0.15, -0.1) is 0 Å². The number of ether oxygens (including phenoxy) is 1. The van der Waals surface area contributed by atoms with Gasteiger partial charge in [0.1, 0.15) is 0 Å². The fourth-order valence-corrected chi connectivity index (χ4v) is 2.48. The fraction of sp³-hybridized carbons (Fsp3) is 0.438. The number of nitrogens with zero attached hydrogens (tertiary/aromatic N) is 2. The van der Waals surface area contributed by atoms with E-state index in [1.54, 1.807) is 6.07 Å². The van der Waals surface area contributed by atoms with Crippen LogP contribution in [-0.2, 0) is 13.0 Å². The minimum absolute atomic E-state index is 0.266. The summed E-state index contributed by atoms with van der Waals surface area (Å²) >= 11 is 0. The van der Waals surface area contributed by atoms with E-state index in [1.165, 1.54) is 18.7 Å². The molecule has 0 atom stereocenters. The molecule has 21 heavy (non-hydrogen) atoms. The normalized spacial score (nSPS) is 10.9. The minimum Gasteiger partial charge on any atom is -0.494 e. The molecule has 1 aromatic heterocycles. The number of rotatable bonds is 6. The quantitative estimate of drug-likeness (QED) is 0.888. The van der Waals surface area contributed by atoms with E-state index in [1.807, 2.05) is 24.7 Å². The van der Waals surface area contributed by atoms with Crippen molar-refractivity contribution in [3.63, 3.8) is 0 Å². The molecule has 0 aliphatic rings. The zero-order valence-electron chi connectivity index (χ0n) is 13.0. The molecule has 5 heteroatoms. The third kappa shape index (κ3) is 3.42. The number of nitrogens with one attached hydrogen (secondary N) is 1. The van der Waals surface area contributed by atoms with Gasteiger partial charge in [-0.25, -0.2) is 4.39 Å². The van der Waals surface area contributed by atoms with Gasteiger partial charge in [0.05, 0.1) is 19.3 Å². The van der Waals surface area contributed by atoms with Crippen molar-refractivity contribution in [2.75, 3.05) is 20.7 Å². The Kier molecular flexibility index (Phi) is 4.96. The lowest BCUT2D eigenvalue weighted by atomic mass is 10.1. The monoisotopic (exact) mass is 291 g/mol. The van der Waals surface area contributed by atoms with Crippen LogP contribution in [0.3, 0.4) is 0 Å². The molecule has 0 unspecified atom stereocenters. The number of hydrogen-bond acceptors (Lipinski definition) is 3. The van der Waals surface area contributed by atoms with Crippen LogP contribution in [0, 0.1) is 19.7 Å². The summed E-state index contributed by atoms with van der Waals surface area (Å²) < 4.78 is 20.6. The Bertz CT molecular complexity index is 622. The van der Waals surface area contributed by atoms with Gasteiger partial charge in [-0.1, -0.05) is 6.07 Å². The molecule has 1 N–H and O–H groups in total. The van der Waals surface area contributed by atoms with Crippen LogP contribution in [0.1, 0.15) is 22.5 Å². The molecule has 0 saturated heterocycles. The second kappa shape index (κ2) is 6.72. The summed E-state index contributed by atoms with van der Waals surface area (Å²) in [5, 5.41) is 7.71. The highest BCUT2D eigenvalue weighted by Gasteiger charge is 2.12. The lowest BCUT2D eigenvalue weighted by Crippen LogP contribution is -2.11. The Morgan fingerprint density at radius 1 is 1.33 bits per heavy atom. The molecule has 1 aromatic carbocycles. The maximum absolute atomic E-state index is 13.7.